The van der Waals surface area contributed by atoms with Crippen molar-refractivity contribution in [2.45, 2.75) is 23.8 Å². The Balaban J connectivity index is 1.89. The lowest BCUT2D eigenvalue weighted by Gasteiger charge is -2.24. The van der Waals surface area contributed by atoms with Crippen LogP contribution in [-0.2, 0) is 19.6 Å². The van der Waals surface area contributed by atoms with Gasteiger partial charge in [-0.25, -0.2) is 12.7 Å². The van der Waals surface area contributed by atoms with E-state index in [-0.39, 0.29) is 17.7 Å². The topological polar surface area (TPSA) is 92.8 Å². The average molecular weight is 374 g/mol. The zero-order valence-corrected chi connectivity index (χ0v) is 14.9. The molecule has 1 atom stereocenters. The quantitative estimate of drug-likeness (QED) is 0.864. The van der Waals surface area contributed by atoms with Crippen molar-refractivity contribution >= 4 is 27.5 Å². The predicted octanol–water partition coefficient (Wildman–Crippen LogP) is 2.01. The van der Waals surface area contributed by atoms with Gasteiger partial charge in [0, 0.05) is 6.42 Å². The second-order valence-electron chi connectivity index (χ2n) is 5.75. The maximum absolute atomic E-state index is 12.8. The Morgan fingerprint density at radius 1 is 1.12 bits per heavy atom. The number of carbonyl (C=O) groups is 2. The Hall–Kier alpha value is -2.87. The van der Waals surface area contributed by atoms with Gasteiger partial charge in [0.15, 0.2) is 0 Å². The van der Waals surface area contributed by atoms with Gasteiger partial charge in [0.2, 0.25) is 11.8 Å². The van der Waals surface area contributed by atoms with Crippen LogP contribution in [0.2, 0.25) is 0 Å². The van der Waals surface area contributed by atoms with E-state index in [2.05, 4.69) is 5.32 Å². The Kier molecular flexibility index (Phi) is 4.94. The van der Waals surface area contributed by atoms with Gasteiger partial charge in [0.05, 0.1) is 17.7 Å². The van der Waals surface area contributed by atoms with Crippen molar-refractivity contribution in [1.29, 1.82) is 0 Å². The number of amides is 2. The van der Waals surface area contributed by atoms with Crippen molar-refractivity contribution in [2.24, 2.45) is 0 Å². The van der Waals surface area contributed by atoms with Gasteiger partial charge < -0.3 is 10.1 Å². The molecule has 7 nitrogen and oxygen atoms in total. The van der Waals surface area contributed by atoms with Gasteiger partial charge in [-0.2, -0.15) is 0 Å². The molecule has 0 unspecified atom stereocenters. The molecular weight excluding hydrogens is 356 g/mol. The number of nitrogens with zero attached hydrogens (tertiary/aromatic N) is 1. The van der Waals surface area contributed by atoms with Crippen LogP contribution in [-0.4, -0.2) is 37.7 Å². The monoisotopic (exact) mass is 374 g/mol. The lowest BCUT2D eigenvalue weighted by atomic mass is 10.2. The fourth-order valence-electron chi connectivity index (χ4n) is 2.87. The normalized spacial score (nSPS) is 17.2. The van der Waals surface area contributed by atoms with E-state index < -0.39 is 27.9 Å². The Morgan fingerprint density at radius 3 is 2.46 bits per heavy atom. The van der Waals surface area contributed by atoms with Crippen LogP contribution in [0.25, 0.3) is 0 Å². The van der Waals surface area contributed by atoms with Crippen molar-refractivity contribution in [3.63, 3.8) is 0 Å². The number of methoxy groups -OCH3 is 1. The van der Waals surface area contributed by atoms with Crippen molar-refractivity contribution in [2.75, 3.05) is 12.4 Å². The van der Waals surface area contributed by atoms with Crippen LogP contribution in [0, 0.1) is 0 Å². The van der Waals surface area contributed by atoms with E-state index in [0.717, 1.165) is 0 Å². The molecule has 0 aliphatic carbocycles. The number of hydrogen-bond donors (Lipinski definition) is 1. The summed E-state index contributed by atoms with van der Waals surface area (Å²) < 4.78 is 31.5. The summed E-state index contributed by atoms with van der Waals surface area (Å²) >= 11 is 0. The molecular formula is C18H18N2O5S. The first-order valence-electron chi connectivity index (χ1n) is 8.01. The third-order valence-corrected chi connectivity index (χ3v) is 5.97. The number of nitrogens with one attached hydrogen (secondary N) is 1. The molecule has 3 rings (SSSR count). The summed E-state index contributed by atoms with van der Waals surface area (Å²) in [7, 11) is -2.63. The van der Waals surface area contributed by atoms with Gasteiger partial charge in [-0.05, 0) is 30.7 Å². The Labute approximate surface area is 151 Å². The van der Waals surface area contributed by atoms with E-state index in [0.29, 0.717) is 15.7 Å². The lowest BCUT2D eigenvalue weighted by molar-refractivity contribution is -0.128. The van der Waals surface area contributed by atoms with Crippen LogP contribution < -0.4 is 10.1 Å². The van der Waals surface area contributed by atoms with E-state index in [9.17, 15) is 18.0 Å². The molecule has 0 bridgehead atoms. The highest BCUT2D eigenvalue weighted by molar-refractivity contribution is 7.89. The molecule has 1 heterocycles. The van der Waals surface area contributed by atoms with Gasteiger partial charge in [-0.1, -0.05) is 30.3 Å². The average Bonchev–Trinajstić information content (AvgIpc) is 3.05. The van der Waals surface area contributed by atoms with Gasteiger partial charge in [-0.3, -0.25) is 9.59 Å². The van der Waals surface area contributed by atoms with Gasteiger partial charge in [0.1, 0.15) is 11.8 Å². The second kappa shape index (κ2) is 7.17. The molecule has 2 aromatic carbocycles. The Bertz CT molecular complexity index is 928. The third-order valence-electron chi connectivity index (χ3n) is 4.13. The first-order valence-corrected chi connectivity index (χ1v) is 9.45. The van der Waals surface area contributed by atoms with E-state index in [4.69, 9.17) is 4.74 Å². The van der Waals surface area contributed by atoms with Gasteiger partial charge in [0.25, 0.3) is 10.0 Å². The zero-order valence-electron chi connectivity index (χ0n) is 14.1. The van der Waals surface area contributed by atoms with E-state index in [1.165, 1.54) is 19.2 Å². The van der Waals surface area contributed by atoms with Crippen LogP contribution in [0.1, 0.15) is 12.8 Å². The molecule has 2 amide bonds. The van der Waals surface area contributed by atoms with E-state index in [1.54, 1.807) is 42.5 Å². The SMILES string of the molecule is COc1ccccc1NC(=O)[C@@H]1CCC(=O)N1S(=O)(=O)c1ccccc1. The second-order valence-corrected chi connectivity index (χ2v) is 7.57. The minimum absolute atomic E-state index is 0.00389. The number of anilines is 1. The highest BCUT2D eigenvalue weighted by atomic mass is 32.2. The summed E-state index contributed by atoms with van der Waals surface area (Å²) in [5, 5.41) is 2.66. The standard InChI is InChI=1S/C18H18N2O5S/c1-25-16-10-6-5-9-14(16)19-18(22)15-11-12-17(21)20(15)26(23,24)13-7-3-2-4-8-13/h2-10,15H,11-12H2,1H3,(H,19,22)/t15-/m0/s1. The fraction of sp³-hybridized carbons (Fsp3) is 0.222. The molecule has 26 heavy (non-hydrogen) atoms. The van der Waals surface area contributed by atoms with Gasteiger partial charge >= 0.3 is 0 Å². The van der Waals surface area contributed by atoms with E-state index >= 15 is 0 Å². The van der Waals surface area contributed by atoms with Crippen molar-refractivity contribution in [1.82, 2.24) is 4.31 Å². The maximum atomic E-state index is 12.8. The summed E-state index contributed by atoms with van der Waals surface area (Å²) in [6, 6.07) is 13.3. The number of benzene rings is 2. The summed E-state index contributed by atoms with van der Waals surface area (Å²) in [6.07, 6.45) is 0.127. The molecule has 0 saturated carbocycles. The number of para-hydroxylation sites is 2. The van der Waals surface area contributed by atoms with Crippen LogP contribution in [0.3, 0.4) is 0 Å². The zero-order chi connectivity index (χ0) is 18.7. The van der Waals surface area contributed by atoms with Crippen LogP contribution >= 0.6 is 0 Å². The molecule has 1 fully saturated rings. The summed E-state index contributed by atoms with van der Waals surface area (Å²) in [5.41, 5.74) is 0.413. The lowest BCUT2D eigenvalue weighted by Crippen LogP contribution is -2.45. The summed E-state index contributed by atoms with van der Waals surface area (Å²) in [4.78, 5) is 24.9. The Morgan fingerprint density at radius 2 is 1.77 bits per heavy atom. The van der Waals surface area contributed by atoms with Crippen molar-refractivity contribution in [3.05, 3.63) is 54.6 Å². The maximum Gasteiger partial charge on any atom is 0.267 e. The largest absolute Gasteiger partial charge is 0.495 e. The molecule has 0 aromatic heterocycles. The highest BCUT2D eigenvalue weighted by Gasteiger charge is 2.44. The molecule has 1 aliphatic rings. The molecule has 0 radical (unpaired) electrons. The number of hydrogen-bond acceptors (Lipinski definition) is 5. The number of sulfonamides is 1. The van der Waals surface area contributed by atoms with Crippen molar-refractivity contribution < 1.29 is 22.7 Å². The number of rotatable bonds is 5. The van der Waals surface area contributed by atoms with Crippen molar-refractivity contribution in [3.8, 4) is 5.75 Å². The van der Waals surface area contributed by atoms with Gasteiger partial charge in [-0.15, -0.1) is 0 Å². The first kappa shape index (κ1) is 17.9. The predicted molar refractivity (Wildman–Crippen MR) is 95.1 cm³/mol. The minimum Gasteiger partial charge on any atom is -0.495 e. The summed E-state index contributed by atoms with van der Waals surface area (Å²) in [6.45, 7) is 0. The molecule has 2 aromatic rings. The van der Waals surface area contributed by atoms with Crippen LogP contribution in [0.15, 0.2) is 59.5 Å². The molecule has 1 saturated heterocycles. The molecule has 8 heteroatoms. The van der Waals surface area contributed by atoms with Crippen LogP contribution in [0.5, 0.6) is 5.75 Å². The van der Waals surface area contributed by atoms with Crippen LogP contribution in [0.4, 0.5) is 5.69 Å². The highest BCUT2D eigenvalue weighted by Crippen LogP contribution is 2.29. The molecule has 1 aliphatic heterocycles. The molecule has 1 N–H and O–H groups in total. The smallest absolute Gasteiger partial charge is 0.267 e. The fourth-order valence-corrected chi connectivity index (χ4v) is 4.49. The number of carbonyl (C=O) groups excluding carboxylic acids is 2. The first-order chi connectivity index (χ1) is 12.4. The third kappa shape index (κ3) is 3.28. The molecule has 0 spiro atoms. The van der Waals surface area contributed by atoms with E-state index in [1.807, 2.05) is 0 Å². The summed E-state index contributed by atoms with van der Waals surface area (Å²) in [5.74, 6) is -0.712. The minimum atomic E-state index is -4.10. The molecule has 136 valence electrons. The number of ether oxygens (including phenoxy) is 1.